The standard InChI is InChI=1S/C11H15NO2.2ClH/c1-2-14-11(13)8-10(12)9-6-4-3-5-7-9;;/h3-7,10H,2,8,12H2,1H3;2*1H. The minimum absolute atomic E-state index is 0. The van der Waals surface area contributed by atoms with Gasteiger partial charge in [-0.15, -0.1) is 24.8 Å². The Morgan fingerprint density at radius 3 is 2.38 bits per heavy atom. The normalized spacial score (nSPS) is 10.6. The van der Waals surface area contributed by atoms with Crippen LogP contribution >= 0.6 is 24.8 Å². The van der Waals surface area contributed by atoms with Crippen molar-refractivity contribution >= 4 is 30.8 Å². The molecular formula is C11H17Cl2NO2. The van der Waals surface area contributed by atoms with Gasteiger partial charge in [-0.1, -0.05) is 30.3 Å². The van der Waals surface area contributed by atoms with Crippen LogP contribution in [-0.4, -0.2) is 12.6 Å². The fourth-order valence-corrected chi connectivity index (χ4v) is 1.22. The number of carbonyl (C=O) groups is 1. The predicted octanol–water partition coefficient (Wildman–Crippen LogP) is 2.48. The van der Waals surface area contributed by atoms with E-state index in [1.54, 1.807) is 6.92 Å². The highest BCUT2D eigenvalue weighted by Gasteiger charge is 2.11. The van der Waals surface area contributed by atoms with E-state index in [1.807, 2.05) is 30.3 Å². The number of halogens is 2. The van der Waals surface area contributed by atoms with Gasteiger partial charge in [0.15, 0.2) is 0 Å². The van der Waals surface area contributed by atoms with Crippen LogP contribution in [-0.2, 0) is 9.53 Å². The molecule has 0 aromatic heterocycles. The Labute approximate surface area is 108 Å². The summed E-state index contributed by atoms with van der Waals surface area (Å²) in [6, 6.07) is 9.27. The van der Waals surface area contributed by atoms with Crippen LogP contribution in [0.25, 0.3) is 0 Å². The van der Waals surface area contributed by atoms with Gasteiger partial charge in [0, 0.05) is 6.04 Å². The first-order chi connectivity index (χ1) is 6.74. The number of hydrogen-bond acceptors (Lipinski definition) is 3. The number of benzene rings is 1. The first kappa shape index (κ1) is 17.6. The molecule has 1 atom stereocenters. The molecule has 0 fully saturated rings. The van der Waals surface area contributed by atoms with Gasteiger partial charge in [-0.2, -0.15) is 0 Å². The zero-order chi connectivity index (χ0) is 10.4. The first-order valence-corrected chi connectivity index (χ1v) is 4.70. The molecule has 3 nitrogen and oxygen atoms in total. The number of nitrogens with two attached hydrogens (primary N) is 1. The molecule has 92 valence electrons. The third-order valence-corrected chi connectivity index (χ3v) is 1.92. The third-order valence-electron chi connectivity index (χ3n) is 1.92. The van der Waals surface area contributed by atoms with E-state index >= 15 is 0 Å². The molecule has 1 rings (SSSR count). The molecule has 0 saturated carbocycles. The van der Waals surface area contributed by atoms with E-state index in [2.05, 4.69) is 0 Å². The molecule has 0 saturated heterocycles. The van der Waals surface area contributed by atoms with E-state index in [0.29, 0.717) is 6.61 Å². The Morgan fingerprint density at radius 2 is 1.88 bits per heavy atom. The zero-order valence-corrected chi connectivity index (χ0v) is 10.7. The summed E-state index contributed by atoms with van der Waals surface area (Å²) in [5.74, 6) is -0.246. The molecule has 1 aromatic rings. The molecule has 0 bridgehead atoms. The van der Waals surface area contributed by atoms with Crippen molar-refractivity contribution in [2.75, 3.05) is 6.61 Å². The molecule has 1 aromatic carbocycles. The van der Waals surface area contributed by atoms with Crippen LogP contribution in [0.3, 0.4) is 0 Å². The maximum absolute atomic E-state index is 11.1. The molecule has 0 spiro atoms. The second-order valence-corrected chi connectivity index (χ2v) is 3.03. The van der Waals surface area contributed by atoms with Gasteiger partial charge in [0.25, 0.3) is 0 Å². The van der Waals surface area contributed by atoms with E-state index in [9.17, 15) is 4.79 Å². The minimum atomic E-state index is -0.268. The number of rotatable bonds is 4. The van der Waals surface area contributed by atoms with Gasteiger partial charge in [0.1, 0.15) is 0 Å². The lowest BCUT2D eigenvalue weighted by atomic mass is 10.1. The van der Waals surface area contributed by atoms with Gasteiger partial charge in [0.05, 0.1) is 13.0 Å². The lowest BCUT2D eigenvalue weighted by molar-refractivity contribution is -0.143. The summed E-state index contributed by atoms with van der Waals surface area (Å²) in [6.07, 6.45) is 0.234. The Kier molecular flexibility index (Phi) is 10.4. The maximum atomic E-state index is 11.1. The number of esters is 1. The lowest BCUT2D eigenvalue weighted by Crippen LogP contribution is -2.17. The molecule has 0 aliphatic heterocycles. The summed E-state index contributed by atoms with van der Waals surface area (Å²) in [7, 11) is 0. The summed E-state index contributed by atoms with van der Waals surface area (Å²) < 4.78 is 4.82. The third kappa shape index (κ3) is 5.95. The van der Waals surface area contributed by atoms with Crippen LogP contribution in [0.4, 0.5) is 0 Å². The Balaban J connectivity index is 0. The van der Waals surface area contributed by atoms with Crippen molar-refractivity contribution in [3.05, 3.63) is 35.9 Å². The fraction of sp³-hybridized carbons (Fsp3) is 0.364. The van der Waals surface area contributed by atoms with Crippen LogP contribution in [0.2, 0.25) is 0 Å². The summed E-state index contributed by atoms with van der Waals surface area (Å²) in [6.45, 7) is 2.19. The average molecular weight is 266 g/mol. The van der Waals surface area contributed by atoms with Gasteiger partial charge in [-0.3, -0.25) is 4.79 Å². The van der Waals surface area contributed by atoms with Crippen LogP contribution in [0.15, 0.2) is 30.3 Å². The number of carbonyl (C=O) groups excluding carboxylic acids is 1. The van der Waals surface area contributed by atoms with Crippen molar-refractivity contribution in [2.24, 2.45) is 5.73 Å². The lowest BCUT2D eigenvalue weighted by Gasteiger charge is -2.10. The summed E-state index contributed by atoms with van der Waals surface area (Å²) in [5.41, 5.74) is 6.78. The predicted molar refractivity (Wildman–Crippen MR) is 69.1 cm³/mol. The van der Waals surface area contributed by atoms with Gasteiger partial charge in [-0.25, -0.2) is 0 Å². The van der Waals surface area contributed by atoms with E-state index in [-0.39, 0.29) is 43.2 Å². The van der Waals surface area contributed by atoms with Gasteiger partial charge in [-0.05, 0) is 12.5 Å². The highest BCUT2D eigenvalue weighted by Crippen LogP contribution is 2.13. The van der Waals surface area contributed by atoms with Crippen LogP contribution in [0.5, 0.6) is 0 Å². The van der Waals surface area contributed by atoms with E-state index in [4.69, 9.17) is 10.5 Å². The van der Waals surface area contributed by atoms with Crippen LogP contribution in [0.1, 0.15) is 24.9 Å². The fourth-order valence-electron chi connectivity index (χ4n) is 1.22. The number of hydrogen-bond donors (Lipinski definition) is 1. The molecule has 0 radical (unpaired) electrons. The van der Waals surface area contributed by atoms with Crippen LogP contribution < -0.4 is 5.73 Å². The second kappa shape index (κ2) is 9.46. The highest BCUT2D eigenvalue weighted by molar-refractivity contribution is 5.85. The van der Waals surface area contributed by atoms with Crippen molar-refractivity contribution in [2.45, 2.75) is 19.4 Å². The summed E-state index contributed by atoms with van der Waals surface area (Å²) >= 11 is 0. The van der Waals surface area contributed by atoms with Crippen molar-refractivity contribution < 1.29 is 9.53 Å². The topological polar surface area (TPSA) is 52.3 Å². The van der Waals surface area contributed by atoms with Crippen molar-refractivity contribution in [1.29, 1.82) is 0 Å². The smallest absolute Gasteiger partial charge is 0.307 e. The molecule has 0 amide bonds. The maximum Gasteiger partial charge on any atom is 0.307 e. The van der Waals surface area contributed by atoms with E-state index in [1.165, 1.54) is 0 Å². The highest BCUT2D eigenvalue weighted by atomic mass is 35.5. The van der Waals surface area contributed by atoms with Crippen molar-refractivity contribution in [3.63, 3.8) is 0 Å². The van der Waals surface area contributed by atoms with Crippen molar-refractivity contribution in [3.8, 4) is 0 Å². The Bertz CT molecular complexity index is 293. The molecule has 0 aliphatic carbocycles. The summed E-state index contributed by atoms with van der Waals surface area (Å²) in [4.78, 5) is 11.1. The van der Waals surface area contributed by atoms with Gasteiger partial charge >= 0.3 is 5.97 Å². The monoisotopic (exact) mass is 265 g/mol. The molecule has 1 unspecified atom stereocenters. The summed E-state index contributed by atoms with van der Waals surface area (Å²) in [5, 5.41) is 0. The minimum Gasteiger partial charge on any atom is -0.466 e. The van der Waals surface area contributed by atoms with E-state index in [0.717, 1.165) is 5.56 Å². The Morgan fingerprint density at radius 1 is 1.31 bits per heavy atom. The first-order valence-electron chi connectivity index (χ1n) is 4.70. The molecule has 16 heavy (non-hydrogen) atoms. The molecular weight excluding hydrogens is 249 g/mol. The van der Waals surface area contributed by atoms with Gasteiger partial charge in [0.2, 0.25) is 0 Å². The zero-order valence-electron chi connectivity index (χ0n) is 9.09. The molecule has 0 heterocycles. The second-order valence-electron chi connectivity index (χ2n) is 3.03. The largest absolute Gasteiger partial charge is 0.466 e. The Hall–Kier alpha value is -0.770. The van der Waals surface area contributed by atoms with Crippen molar-refractivity contribution in [1.82, 2.24) is 0 Å². The van der Waals surface area contributed by atoms with E-state index < -0.39 is 0 Å². The molecule has 0 aliphatic rings. The number of ether oxygens (including phenoxy) is 1. The quantitative estimate of drug-likeness (QED) is 0.852. The van der Waals surface area contributed by atoms with Crippen LogP contribution in [0, 0.1) is 0 Å². The average Bonchev–Trinajstić information content (AvgIpc) is 2.19. The molecule has 2 N–H and O–H groups in total. The van der Waals surface area contributed by atoms with Gasteiger partial charge < -0.3 is 10.5 Å². The SMILES string of the molecule is CCOC(=O)CC(N)c1ccccc1.Cl.Cl. The molecule has 5 heteroatoms.